The van der Waals surface area contributed by atoms with Crippen molar-refractivity contribution in [1.82, 2.24) is 4.98 Å². The van der Waals surface area contributed by atoms with Gasteiger partial charge in [0.1, 0.15) is 11.5 Å². The fraction of sp³-hybridized carbons (Fsp3) is 0.455. The number of nitro groups is 1. The summed E-state index contributed by atoms with van der Waals surface area (Å²) in [6.45, 7) is 2.18. The van der Waals surface area contributed by atoms with Crippen LogP contribution in [-0.2, 0) is 4.79 Å². The third-order valence-corrected chi connectivity index (χ3v) is 3.86. The molecule has 1 atom stereocenters. The Morgan fingerprint density at radius 3 is 2.83 bits per heavy atom. The summed E-state index contributed by atoms with van der Waals surface area (Å²) in [5, 5.41) is 11.5. The van der Waals surface area contributed by atoms with Gasteiger partial charge in [-0.2, -0.15) is 0 Å². The van der Waals surface area contributed by atoms with Crippen molar-refractivity contribution in [3.8, 4) is 0 Å². The minimum absolute atomic E-state index is 0.0141. The van der Waals surface area contributed by atoms with Crippen molar-refractivity contribution in [1.29, 1.82) is 0 Å². The van der Waals surface area contributed by atoms with Gasteiger partial charge in [-0.15, -0.1) is 0 Å². The molecule has 2 rings (SSSR count). The van der Waals surface area contributed by atoms with Crippen LogP contribution in [0.5, 0.6) is 0 Å². The standard InChI is InChI=1S/C11H12BrN3O3/c1-7-9(15(17)18)2-3-10(13-7)14-6-8(5-12)4-11(14)16/h2-3,8H,4-6H2,1H3. The molecule has 1 amide bonds. The van der Waals surface area contributed by atoms with Gasteiger partial charge < -0.3 is 0 Å². The monoisotopic (exact) mass is 313 g/mol. The summed E-state index contributed by atoms with van der Waals surface area (Å²) >= 11 is 3.36. The van der Waals surface area contributed by atoms with E-state index in [1.54, 1.807) is 11.8 Å². The van der Waals surface area contributed by atoms with Gasteiger partial charge in [-0.25, -0.2) is 4.98 Å². The Morgan fingerprint density at radius 2 is 2.33 bits per heavy atom. The molecule has 1 fully saturated rings. The molecule has 7 heteroatoms. The van der Waals surface area contributed by atoms with Gasteiger partial charge in [0.25, 0.3) is 5.69 Å². The number of amides is 1. The smallest absolute Gasteiger partial charge is 0.290 e. The normalized spacial score (nSPS) is 19.3. The molecule has 1 saturated heterocycles. The Labute approximate surface area is 112 Å². The molecule has 1 aliphatic heterocycles. The summed E-state index contributed by atoms with van der Waals surface area (Å²) in [6.07, 6.45) is 0.489. The van der Waals surface area contributed by atoms with Crippen LogP contribution in [-0.4, -0.2) is 27.7 Å². The molecule has 1 unspecified atom stereocenters. The lowest BCUT2D eigenvalue weighted by molar-refractivity contribution is -0.385. The minimum atomic E-state index is -0.473. The zero-order valence-electron chi connectivity index (χ0n) is 9.80. The fourth-order valence-electron chi connectivity index (χ4n) is 1.99. The van der Waals surface area contributed by atoms with Gasteiger partial charge in [-0.1, -0.05) is 15.9 Å². The van der Waals surface area contributed by atoms with E-state index in [0.717, 1.165) is 5.33 Å². The maximum atomic E-state index is 11.8. The molecule has 1 aromatic heterocycles. The highest BCUT2D eigenvalue weighted by molar-refractivity contribution is 9.09. The van der Waals surface area contributed by atoms with E-state index in [2.05, 4.69) is 20.9 Å². The average Bonchev–Trinajstić information content (AvgIpc) is 2.70. The molecule has 0 spiro atoms. The van der Waals surface area contributed by atoms with E-state index in [1.807, 2.05) is 0 Å². The predicted molar refractivity (Wildman–Crippen MR) is 69.9 cm³/mol. The third-order valence-electron chi connectivity index (χ3n) is 2.94. The summed E-state index contributed by atoms with van der Waals surface area (Å²) in [7, 11) is 0. The molecule has 2 heterocycles. The van der Waals surface area contributed by atoms with Crippen molar-refractivity contribution in [2.45, 2.75) is 13.3 Å². The first-order valence-electron chi connectivity index (χ1n) is 5.51. The number of alkyl halides is 1. The molecule has 0 bridgehead atoms. The second kappa shape index (κ2) is 5.01. The zero-order valence-corrected chi connectivity index (χ0v) is 11.4. The number of carbonyl (C=O) groups is 1. The van der Waals surface area contributed by atoms with E-state index >= 15 is 0 Å². The van der Waals surface area contributed by atoms with Crippen LogP contribution in [0.4, 0.5) is 11.5 Å². The maximum Gasteiger partial charge on any atom is 0.290 e. The van der Waals surface area contributed by atoms with Gasteiger partial charge in [0.05, 0.1) is 4.92 Å². The lowest BCUT2D eigenvalue weighted by Gasteiger charge is -2.15. The number of halogens is 1. The minimum Gasteiger partial charge on any atom is -0.296 e. The van der Waals surface area contributed by atoms with Crippen LogP contribution in [0.25, 0.3) is 0 Å². The van der Waals surface area contributed by atoms with Crippen molar-refractivity contribution < 1.29 is 9.72 Å². The molecule has 0 aromatic carbocycles. The van der Waals surface area contributed by atoms with Crippen molar-refractivity contribution in [2.24, 2.45) is 5.92 Å². The Balaban J connectivity index is 2.27. The number of anilines is 1. The summed E-state index contributed by atoms with van der Waals surface area (Å²) in [5.74, 6) is 0.779. The number of nitrogens with zero attached hydrogens (tertiary/aromatic N) is 3. The van der Waals surface area contributed by atoms with Crippen LogP contribution in [0.3, 0.4) is 0 Å². The second-order valence-electron chi connectivity index (χ2n) is 4.26. The van der Waals surface area contributed by atoms with E-state index in [-0.39, 0.29) is 17.5 Å². The van der Waals surface area contributed by atoms with E-state index in [4.69, 9.17) is 0 Å². The van der Waals surface area contributed by atoms with Crippen LogP contribution in [0.2, 0.25) is 0 Å². The summed E-state index contributed by atoms with van der Waals surface area (Å²) in [4.78, 5) is 27.8. The maximum absolute atomic E-state index is 11.8. The van der Waals surface area contributed by atoms with E-state index in [1.165, 1.54) is 12.1 Å². The SMILES string of the molecule is Cc1nc(N2CC(CBr)CC2=O)ccc1[N+](=O)[O-]. The number of pyridine rings is 1. The molecule has 0 aliphatic carbocycles. The fourth-order valence-corrected chi connectivity index (χ4v) is 2.42. The number of carbonyl (C=O) groups excluding carboxylic acids is 1. The van der Waals surface area contributed by atoms with E-state index < -0.39 is 4.92 Å². The lowest BCUT2D eigenvalue weighted by Crippen LogP contribution is -2.25. The van der Waals surface area contributed by atoms with Crippen LogP contribution < -0.4 is 4.90 Å². The van der Waals surface area contributed by atoms with Crippen LogP contribution in [0, 0.1) is 23.0 Å². The van der Waals surface area contributed by atoms with Crippen molar-refractivity contribution in [3.05, 3.63) is 27.9 Å². The molecule has 18 heavy (non-hydrogen) atoms. The molecular formula is C11H12BrN3O3. The number of hydrogen-bond acceptors (Lipinski definition) is 4. The zero-order chi connectivity index (χ0) is 13.3. The van der Waals surface area contributed by atoms with E-state index in [9.17, 15) is 14.9 Å². The highest BCUT2D eigenvalue weighted by Gasteiger charge is 2.31. The highest BCUT2D eigenvalue weighted by atomic mass is 79.9. The molecule has 6 nitrogen and oxygen atoms in total. The Morgan fingerprint density at radius 1 is 1.61 bits per heavy atom. The first kappa shape index (κ1) is 12.9. The van der Waals surface area contributed by atoms with Gasteiger partial charge in [-0.3, -0.25) is 19.8 Å². The quantitative estimate of drug-likeness (QED) is 0.486. The molecule has 0 radical (unpaired) electrons. The molecule has 1 aromatic rings. The average molecular weight is 314 g/mol. The molecule has 0 saturated carbocycles. The Bertz CT molecular complexity index is 506. The van der Waals surface area contributed by atoms with Crippen LogP contribution >= 0.6 is 15.9 Å². The largest absolute Gasteiger partial charge is 0.296 e. The van der Waals surface area contributed by atoms with Crippen molar-refractivity contribution in [2.75, 3.05) is 16.8 Å². The number of hydrogen-bond donors (Lipinski definition) is 0. The van der Waals surface area contributed by atoms with Crippen molar-refractivity contribution >= 4 is 33.3 Å². The van der Waals surface area contributed by atoms with Crippen LogP contribution in [0.1, 0.15) is 12.1 Å². The molecule has 0 N–H and O–H groups in total. The topological polar surface area (TPSA) is 76.3 Å². The van der Waals surface area contributed by atoms with Crippen molar-refractivity contribution in [3.63, 3.8) is 0 Å². The third kappa shape index (κ3) is 2.35. The van der Waals surface area contributed by atoms with Crippen LogP contribution in [0.15, 0.2) is 12.1 Å². The first-order chi connectivity index (χ1) is 8.52. The highest BCUT2D eigenvalue weighted by Crippen LogP contribution is 2.27. The molecular weight excluding hydrogens is 302 g/mol. The summed E-state index contributed by atoms with van der Waals surface area (Å²) in [6, 6.07) is 2.92. The van der Waals surface area contributed by atoms with Gasteiger partial charge in [0, 0.05) is 24.4 Å². The predicted octanol–water partition coefficient (Wildman–Crippen LogP) is 2.05. The van der Waals surface area contributed by atoms with Gasteiger partial charge in [0.15, 0.2) is 0 Å². The lowest BCUT2D eigenvalue weighted by atomic mass is 10.2. The van der Waals surface area contributed by atoms with Gasteiger partial charge in [-0.05, 0) is 18.9 Å². The Hall–Kier alpha value is -1.50. The van der Waals surface area contributed by atoms with Gasteiger partial charge in [0.2, 0.25) is 5.91 Å². The Kier molecular flexibility index (Phi) is 3.60. The number of rotatable bonds is 3. The number of aromatic nitrogens is 1. The first-order valence-corrected chi connectivity index (χ1v) is 6.63. The molecule has 1 aliphatic rings. The molecule has 96 valence electrons. The summed E-state index contributed by atoms with van der Waals surface area (Å²) in [5.41, 5.74) is 0.301. The second-order valence-corrected chi connectivity index (χ2v) is 4.91. The summed E-state index contributed by atoms with van der Waals surface area (Å²) < 4.78 is 0. The van der Waals surface area contributed by atoms with E-state index in [0.29, 0.717) is 24.5 Å². The number of aryl methyl sites for hydroxylation is 1. The van der Waals surface area contributed by atoms with Gasteiger partial charge >= 0.3 is 0 Å².